The van der Waals surface area contributed by atoms with E-state index in [2.05, 4.69) is 31.9 Å². The SMILES string of the molecule is Cc1c(/C=C2\C[C@@]3(C)[C@@H](CC[C@H]4[C@H]3CC[C@@]3(C)[C@H](O)CC[C@H]43)CC2=O)cnn1C. The van der Waals surface area contributed by atoms with Gasteiger partial charge in [0.2, 0.25) is 0 Å². The summed E-state index contributed by atoms with van der Waals surface area (Å²) in [5, 5.41) is 15.0. The van der Waals surface area contributed by atoms with Gasteiger partial charge >= 0.3 is 0 Å². The monoisotopic (exact) mass is 396 g/mol. The number of carbonyl (C=O) groups is 1. The maximum absolute atomic E-state index is 13.0. The average Bonchev–Trinajstić information content (AvgIpc) is 3.16. The number of hydrogen-bond acceptors (Lipinski definition) is 3. The van der Waals surface area contributed by atoms with Gasteiger partial charge in [-0.05, 0) is 98.0 Å². The van der Waals surface area contributed by atoms with E-state index in [9.17, 15) is 9.90 Å². The summed E-state index contributed by atoms with van der Waals surface area (Å²) in [5.41, 5.74) is 3.56. The Kier molecular flexibility index (Phi) is 4.40. The van der Waals surface area contributed by atoms with Gasteiger partial charge in [0.15, 0.2) is 5.78 Å². The van der Waals surface area contributed by atoms with Gasteiger partial charge in [-0.15, -0.1) is 0 Å². The molecule has 0 bridgehead atoms. The molecule has 0 amide bonds. The fourth-order valence-electron chi connectivity index (χ4n) is 7.96. The molecule has 1 heterocycles. The summed E-state index contributed by atoms with van der Waals surface area (Å²) < 4.78 is 1.88. The van der Waals surface area contributed by atoms with Crippen LogP contribution in [0.4, 0.5) is 0 Å². The van der Waals surface area contributed by atoms with Gasteiger partial charge in [0.25, 0.3) is 0 Å². The molecular formula is C25H36N2O2. The number of carbonyl (C=O) groups excluding carboxylic acids is 1. The van der Waals surface area contributed by atoms with Gasteiger partial charge in [-0.1, -0.05) is 13.8 Å². The first kappa shape index (κ1) is 19.5. The maximum Gasteiger partial charge on any atom is 0.159 e. The van der Waals surface area contributed by atoms with Crippen molar-refractivity contribution in [1.29, 1.82) is 0 Å². The highest BCUT2D eigenvalue weighted by Crippen LogP contribution is 2.66. The fourth-order valence-corrected chi connectivity index (χ4v) is 7.96. The molecule has 0 radical (unpaired) electrons. The van der Waals surface area contributed by atoms with Crippen LogP contribution in [0.1, 0.15) is 76.5 Å². The summed E-state index contributed by atoms with van der Waals surface area (Å²) >= 11 is 0. The van der Waals surface area contributed by atoms with E-state index in [0.29, 0.717) is 23.5 Å². The highest BCUT2D eigenvalue weighted by atomic mass is 16.3. The minimum atomic E-state index is -0.115. The summed E-state index contributed by atoms with van der Waals surface area (Å²) in [6, 6.07) is 0. The zero-order valence-corrected chi connectivity index (χ0v) is 18.4. The molecule has 0 aromatic carbocycles. The van der Waals surface area contributed by atoms with Crippen LogP contribution in [0.15, 0.2) is 11.8 Å². The Balaban J connectivity index is 1.47. The number of ketones is 1. The second kappa shape index (κ2) is 6.54. The topological polar surface area (TPSA) is 55.1 Å². The van der Waals surface area contributed by atoms with Crippen LogP contribution in [0.3, 0.4) is 0 Å². The van der Waals surface area contributed by atoms with Crippen LogP contribution in [0.25, 0.3) is 6.08 Å². The van der Waals surface area contributed by atoms with E-state index >= 15 is 0 Å². The zero-order valence-electron chi connectivity index (χ0n) is 18.4. The molecule has 1 aromatic heterocycles. The summed E-state index contributed by atoms with van der Waals surface area (Å²) in [5.74, 6) is 2.96. The molecule has 1 N–H and O–H groups in total. The first-order valence-electron chi connectivity index (χ1n) is 11.6. The molecule has 4 fully saturated rings. The van der Waals surface area contributed by atoms with Crippen molar-refractivity contribution in [2.45, 2.75) is 78.2 Å². The molecule has 7 atom stereocenters. The highest BCUT2D eigenvalue weighted by Gasteiger charge is 2.60. The van der Waals surface area contributed by atoms with Crippen LogP contribution in [-0.2, 0) is 11.8 Å². The second-order valence-corrected chi connectivity index (χ2v) is 11.1. The molecule has 158 valence electrons. The Labute approximate surface area is 174 Å². The molecule has 29 heavy (non-hydrogen) atoms. The molecule has 0 saturated heterocycles. The fraction of sp³-hybridized carbons (Fsp3) is 0.760. The van der Waals surface area contributed by atoms with E-state index in [1.807, 2.05) is 17.9 Å². The lowest BCUT2D eigenvalue weighted by Crippen LogP contribution is -2.54. The summed E-state index contributed by atoms with van der Waals surface area (Å²) in [6.45, 7) is 6.90. The second-order valence-electron chi connectivity index (χ2n) is 11.1. The minimum Gasteiger partial charge on any atom is -0.393 e. The van der Waals surface area contributed by atoms with Gasteiger partial charge in [0, 0.05) is 24.7 Å². The van der Waals surface area contributed by atoms with Gasteiger partial charge < -0.3 is 5.11 Å². The zero-order chi connectivity index (χ0) is 20.6. The third-order valence-corrected chi connectivity index (χ3v) is 9.98. The number of allylic oxidation sites excluding steroid dienone is 1. The molecule has 0 spiro atoms. The molecular weight excluding hydrogens is 360 g/mol. The van der Waals surface area contributed by atoms with Crippen LogP contribution in [0, 0.1) is 41.4 Å². The van der Waals surface area contributed by atoms with Crippen LogP contribution >= 0.6 is 0 Å². The van der Waals surface area contributed by atoms with Crippen molar-refractivity contribution >= 4 is 11.9 Å². The molecule has 0 aliphatic heterocycles. The summed E-state index contributed by atoms with van der Waals surface area (Å²) in [6.07, 6.45) is 12.5. The largest absolute Gasteiger partial charge is 0.393 e. The molecule has 0 unspecified atom stereocenters. The normalized spacial score (nSPS) is 45.8. The number of rotatable bonds is 1. The third kappa shape index (κ3) is 2.74. The Morgan fingerprint density at radius 3 is 2.62 bits per heavy atom. The Bertz CT molecular complexity index is 870. The number of Topliss-reactive ketones (excluding diaryl/α,β-unsaturated/α-hetero) is 1. The molecule has 1 aromatic rings. The molecule has 4 heteroatoms. The number of aliphatic hydroxyl groups excluding tert-OH is 1. The lowest BCUT2D eigenvalue weighted by molar-refractivity contribution is -0.134. The Hall–Kier alpha value is -1.42. The van der Waals surface area contributed by atoms with E-state index in [1.165, 1.54) is 25.7 Å². The number of nitrogens with zero attached hydrogens (tertiary/aromatic N) is 2. The van der Waals surface area contributed by atoms with Gasteiger partial charge in [-0.3, -0.25) is 9.48 Å². The maximum atomic E-state index is 13.0. The number of fused-ring (bicyclic) bond motifs is 5. The lowest BCUT2D eigenvalue weighted by atomic mass is 9.45. The predicted octanol–water partition coefficient (Wildman–Crippen LogP) is 4.69. The van der Waals surface area contributed by atoms with E-state index in [-0.39, 0.29) is 16.9 Å². The van der Waals surface area contributed by atoms with Crippen LogP contribution in [0.2, 0.25) is 0 Å². The average molecular weight is 397 g/mol. The van der Waals surface area contributed by atoms with E-state index in [1.54, 1.807) is 0 Å². The summed E-state index contributed by atoms with van der Waals surface area (Å²) in [4.78, 5) is 13.0. The van der Waals surface area contributed by atoms with Crippen LogP contribution in [0.5, 0.6) is 0 Å². The van der Waals surface area contributed by atoms with E-state index < -0.39 is 0 Å². The summed E-state index contributed by atoms with van der Waals surface area (Å²) in [7, 11) is 1.96. The lowest BCUT2D eigenvalue weighted by Gasteiger charge is -2.60. The van der Waals surface area contributed by atoms with E-state index in [0.717, 1.165) is 48.4 Å². The van der Waals surface area contributed by atoms with Gasteiger partial charge in [-0.25, -0.2) is 0 Å². The molecule has 4 aliphatic carbocycles. The first-order chi connectivity index (χ1) is 13.7. The molecule has 4 aliphatic rings. The van der Waals surface area contributed by atoms with Crippen LogP contribution in [-0.4, -0.2) is 26.8 Å². The third-order valence-electron chi connectivity index (χ3n) is 9.98. The number of aliphatic hydroxyl groups is 1. The highest BCUT2D eigenvalue weighted by molar-refractivity contribution is 6.00. The van der Waals surface area contributed by atoms with Crippen molar-refractivity contribution in [1.82, 2.24) is 9.78 Å². The number of aryl methyl sites for hydroxylation is 1. The predicted molar refractivity (Wildman–Crippen MR) is 114 cm³/mol. The van der Waals surface area contributed by atoms with Crippen molar-refractivity contribution in [3.63, 3.8) is 0 Å². The quantitative estimate of drug-likeness (QED) is 0.701. The Morgan fingerprint density at radius 1 is 1.14 bits per heavy atom. The standard InChI is InChI=1S/C25H36N2O2/c1-15-17(14-26-27(15)4)11-16-13-25(3)18(12-22(16)28)5-6-19-20-7-8-23(29)24(20,2)10-9-21(19)25/h11,14,18-21,23,29H,5-10,12-13H2,1-4H3/b16-11+/t18-,19+,20+,21+,23+,24+,25-/m0/s1. The van der Waals surface area contributed by atoms with Gasteiger partial charge in [-0.2, -0.15) is 5.10 Å². The van der Waals surface area contributed by atoms with Crippen molar-refractivity contribution in [3.05, 3.63) is 23.0 Å². The smallest absolute Gasteiger partial charge is 0.159 e. The van der Waals surface area contributed by atoms with Crippen molar-refractivity contribution in [2.75, 3.05) is 0 Å². The van der Waals surface area contributed by atoms with Crippen LogP contribution < -0.4 is 0 Å². The number of hydrogen-bond donors (Lipinski definition) is 1. The molecule has 5 rings (SSSR count). The Morgan fingerprint density at radius 2 is 1.90 bits per heavy atom. The molecule has 4 saturated carbocycles. The molecule has 4 nitrogen and oxygen atoms in total. The number of aromatic nitrogens is 2. The van der Waals surface area contributed by atoms with Crippen molar-refractivity contribution < 1.29 is 9.90 Å². The van der Waals surface area contributed by atoms with E-state index in [4.69, 9.17) is 0 Å². The van der Waals surface area contributed by atoms with Crippen molar-refractivity contribution in [3.8, 4) is 0 Å². The van der Waals surface area contributed by atoms with Crippen molar-refractivity contribution in [2.24, 2.45) is 41.5 Å². The van der Waals surface area contributed by atoms with Gasteiger partial charge in [0.05, 0.1) is 12.3 Å². The minimum absolute atomic E-state index is 0.115. The van der Waals surface area contributed by atoms with Gasteiger partial charge in [0.1, 0.15) is 0 Å². The first-order valence-corrected chi connectivity index (χ1v) is 11.6.